The van der Waals surface area contributed by atoms with E-state index in [0.29, 0.717) is 5.39 Å². The topological polar surface area (TPSA) is 104 Å². The third kappa shape index (κ3) is 4.11. The summed E-state index contributed by atoms with van der Waals surface area (Å²) in [4.78, 5) is 22.9. The molecule has 0 saturated heterocycles. The summed E-state index contributed by atoms with van der Waals surface area (Å²) in [7, 11) is 0. The molecular formula is C18H18O6. The summed E-state index contributed by atoms with van der Waals surface area (Å²) in [6, 6.07) is 10.1. The fourth-order valence-electron chi connectivity index (χ4n) is 2.25. The van der Waals surface area contributed by atoms with Gasteiger partial charge in [-0.05, 0) is 29.7 Å². The molecule has 0 saturated carbocycles. The monoisotopic (exact) mass is 330 g/mol. The number of esters is 1. The van der Waals surface area contributed by atoms with Crippen LogP contribution in [0.2, 0.25) is 0 Å². The number of benzene rings is 2. The third-order valence-electron chi connectivity index (χ3n) is 3.60. The fraction of sp³-hybridized carbons (Fsp3) is 0.222. The van der Waals surface area contributed by atoms with Crippen LogP contribution in [0.3, 0.4) is 0 Å². The number of phenols is 1. The number of hydrogen-bond donors (Lipinski definition) is 3. The van der Waals surface area contributed by atoms with Crippen molar-refractivity contribution >= 4 is 22.7 Å². The van der Waals surface area contributed by atoms with Crippen LogP contribution in [0.15, 0.2) is 48.6 Å². The number of aliphatic carboxylic acids is 1. The highest BCUT2D eigenvalue weighted by Crippen LogP contribution is 2.27. The maximum Gasteiger partial charge on any atom is 0.342 e. The molecule has 0 fully saturated rings. The van der Waals surface area contributed by atoms with Crippen LogP contribution in [0.5, 0.6) is 5.75 Å². The second kappa shape index (κ2) is 7.61. The lowest BCUT2D eigenvalue weighted by Crippen LogP contribution is -2.19. The maximum absolute atomic E-state index is 12.2. The van der Waals surface area contributed by atoms with Gasteiger partial charge in [-0.1, -0.05) is 36.9 Å². The molecule has 1 unspecified atom stereocenters. The van der Waals surface area contributed by atoms with Gasteiger partial charge in [-0.25, -0.2) is 9.59 Å². The summed E-state index contributed by atoms with van der Waals surface area (Å²) in [5, 5.41) is 29.8. The Kier molecular flexibility index (Phi) is 5.55. The van der Waals surface area contributed by atoms with Crippen LogP contribution in [-0.2, 0) is 9.53 Å². The predicted octanol–water partition coefficient (Wildman–Crippen LogP) is 2.48. The Morgan fingerprint density at radius 2 is 1.88 bits per heavy atom. The van der Waals surface area contributed by atoms with Gasteiger partial charge in [0.15, 0.2) is 0 Å². The van der Waals surface area contributed by atoms with E-state index in [4.69, 9.17) is 9.84 Å². The number of fused-ring (bicyclic) bond motifs is 1. The first kappa shape index (κ1) is 17.5. The van der Waals surface area contributed by atoms with Gasteiger partial charge in [0.2, 0.25) is 0 Å². The standard InChI is InChI=1S/C18H18O6/c1-11(17(21)22)6-8-13(19)10-24-18(23)16-14-5-3-2-4-12(14)7-9-15(16)20/h2-5,7,9,13,19-20H,1,6,8,10H2,(H,21,22). The number of aliphatic hydroxyl groups excluding tert-OH is 1. The Labute approximate surface area is 138 Å². The molecule has 0 aliphatic rings. The van der Waals surface area contributed by atoms with Gasteiger partial charge in [0, 0.05) is 5.57 Å². The summed E-state index contributed by atoms with van der Waals surface area (Å²) in [5.74, 6) is -2.08. The average Bonchev–Trinajstić information content (AvgIpc) is 2.57. The number of ether oxygens (including phenoxy) is 1. The molecule has 2 aromatic carbocycles. The second-order valence-electron chi connectivity index (χ2n) is 5.38. The van der Waals surface area contributed by atoms with Crippen molar-refractivity contribution in [1.29, 1.82) is 0 Å². The van der Waals surface area contributed by atoms with Crippen molar-refractivity contribution < 1.29 is 29.6 Å². The van der Waals surface area contributed by atoms with Crippen LogP contribution in [0, 0.1) is 0 Å². The smallest absolute Gasteiger partial charge is 0.342 e. The van der Waals surface area contributed by atoms with E-state index in [1.165, 1.54) is 6.07 Å². The number of carbonyl (C=O) groups excluding carboxylic acids is 1. The minimum absolute atomic E-state index is 0.0212. The van der Waals surface area contributed by atoms with Gasteiger partial charge in [-0.2, -0.15) is 0 Å². The second-order valence-corrected chi connectivity index (χ2v) is 5.38. The first-order chi connectivity index (χ1) is 11.4. The molecule has 0 aliphatic carbocycles. The molecule has 0 bridgehead atoms. The van der Waals surface area contributed by atoms with E-state index >= 15 is 0 Å². The molecular weight excluding hydrogens is 312 g/mol. The molecule has 2 aromatic rings. The normalized spacial score (nSPS) is 11.9. The number of phenolic OH excluding ortho intramolecular Hbond substituents is 1. The molecule has 0 aliphatic heterocycles. The van der Waals surface area contributed by atoms with Crippen molar-refractivity contribution in [2.75, 3.05) is 6.61 Å². The summed E-state index contributed by atoms with van der Waals surface area (Å²) in [6.07, 6.45) is -0.810. The van der Waals surface area contributed by atoms with Crippen molar-refractivity contribution in [2.24, 2.45) is 0 Å². The molecule has 126 valence electrons. The van der Waals surface area contributed by atoms with Crippen LogP contribution in [0.4, 0.5) is 0 Å². The van der Waals surface area contributed by atoms with E-state index in [-0.39, 0.29) is 36.3 Å². The van der Waals surface area contributed by atoms with Crippen molar-refractivity contribution in [3.8, 4) is 5.75 Å². The average molecular weight is 330 g/mol. The molecule has 24 heavy (non-hydrogen) atoms. The van der Waals surface area contributed by atoms with Crippen molar-refractivity contribution in [1.82, 2.24) is 0 Å². The highest BCUT2D eigenvalue weighted by Gasteiger charge is 2.18. The van der Waals surface area contributed by atoms with Crippen LogP contribution >= 0.6 is 0 Å². The van der Waals surface area contributed by atoms with Gasteiger partial charge in [0.1, 0.15) is 17.9 Å². The Bertz CT molecular complexity index is 780. The quantitative estimate of drug-likeness (QED) is 0.532. The van der Waals surface area contributed by atoms with E-state index in [1.54, 1.807) is 24.3 Å². The maximum atomic E-state index is 12.2. The van der Waals surface area contributed by atoms with Gasteiger partial charge >= 0.3 is 11.9 Å². The summed E-state index contributed by atoms with van der Waals surface area (Å²) >= 11 is 0. The molecule has 0 heterocycles. The largest absolute Gasteiger partial charge is 0.507 e. The molecule has 3 N–H and O–H groups in total. The zero-order chi connectivity index (χ0) is 17.7. The zero-order valence-corrected chi connectivity index (χ0v) is 12.9. The Balaban J connectivity index is 2.02. The lowest BCUT2D eigenvalue weighted by Gasteiger charge is -2.13. The lowest BCUT2D eigenvalue weighted by molar-refractivity contribution is -0.132. The summed E-state index contributed by atoms with van der Waals surface area (Å²) in [6.45, 7) is 3.07. The fourth-order valence-corrected chi connectivity index (χ4v) is 2.25. The summed E-state index contributed by atoms with van der Waals surface area (Å²) < 4.78 is 5.05. The number of aromatic hydroxyl groups is 1. The van der Waals surface area contributed by atoms with E-state index in [2.05, 4.69) is 6.58 Å². The molecule has 0 spiro atoms. The van der Waals surface area contributed by atoms with Crippen LogP contribution in [0.25, 0.3) is 10.8 Å². The van der Waals surface area contributed by atoms with Crippen LogP contribution < -0.4 is 0 Å². The highest BCUT2D eigenvalue weighted by atomic mass is 16.5. The minimum Gasteiger partial charge on any atom is -0.507 e. The number of hydrogen-bond acceptors (Lipinski definition) is 5. The van der Waals surface area contributed by atoms with Gasteiger partial charge in [0.05, 0.1) is 6.10 Å². The molecule has 0 aromatic heterocycles. The molecule has 2 rings (SSSR count). The Hall–Kier alpha value is -2.86. The Morgan fingerprint density at radius 3 is 2.58 bits per heavy atom. The summed E-state index contributed by atoms with van der Waals surface area (Å²) in [5.41, 5.74) is 0.0160. The van der Waals surface area contributed by atoms with Crippen LogP contribution in [-0.4, -0.2) is 40.0 Å². The number of rotatable bonds is 7. The predicted molar refractivity (Wildman–Crippen MR) is 87.9 cm³/mol. The third-order valence-corrected chi connectivity index (χ3v) is 3.60. The number of carboxylic acid groups (broad SMARTS) is 1. The lowest BCUT2D eigenvalue weighted by atomic mass is 10.0. The zero-order valence-electron chi connectivity index (χ0n) is 12.9. The molecule has 6 nitrogen and oxygen atoms in total. The van der Waals surface area contributed by atoms with Crippen LogP contribution in [0.1, 0.15) is 23.2 Å². The van der Waals surface area contributed by atoms with Crippen molar-refractivity contribution in [2.45, 2.75) is 18.9 Å². The van der Waals surface area contributed by atoms with E-state index in [0.717, 1.165) is 5.39 Å². The first-order valence-corrected chi connectivity index (χ1v) is 7.37. The van der Waals surface area contributed by atoms with Crippen molar-refractivity contribution in [3.05, 3.63) is 54.1 Å². The number of carboxylic acids is 1. The van der Waals surface area contributed by atoms with Crippen molar-refractivity contribution in [3.63, 3.8) is 0 Å². The van der Waals surface area contributed by atoms with E-state index in [1.807, 2.05) is 6.07 Å². The minimum atomic E-state index is -1.13. The molecule has 0 amide bonds. The van der Waals surface area contributed by atoms with E-state index < -0.39 is 18.0 Å². The van der Waals surface area contributed by atoms with Gasteiger partial charge in [-0.3, -0.25) is 0 Å². The molecule has 1 atom stereocenters. The SMILES string of the molecule is C=C(CCC(O)COC(=O)c1c(O)ccc2ccccc12)C(=O)O. The molecule has 6 heteroatoms. The highest BCUT2D eigenvalue weighted by molar-refractivity contribution is 6.06. The number of aliphatic hydroxyl groups is 1. The first-order valence-electron chi connectivity index (χ1n) is 7.37. The van der Waals surface area contributed by atoms with Gasteiger partial charge in [-0.15, -0.1) is 0 Å². The number of carbonyl (C=O) groups is 2. The van der Waals surface area contributed by atoms with E-state index in [9.17, 15) is 19.8 Å². The Morgan fingerprint density at radius 1 is 1.17 bits per heavy atom. The molecule has 0 radical (unpaired) electrons. The van der Waals surface area contributed by atoms with Gasteiger partial charge in [0.25, 0.3) is 0 Å². The van der Waals surface area contributed by atoms with Gasteiger partial charge < -0.3 is 20.1 Å².